The predicted octanol–water partition coefficient (Wildman–Crippen LogP) is 5.04. The van der Waals surface area contributed by atoms with Gasteiger partial charge < -0.3 is 5.32 Å². The van der Waals surface area contributed by atoms with Gasteiger partial charge in [-0.2, -0.15) is 11.8 Å². The van der Waals surface area contributed by atoms with Gasteiger partial charge in [0.05, 0.1) is 4.34 Å². The lowest BCUT2D eigenvalue weighted by atomic mass is 9.90. The summed E-state index contributed by atoms with van der Waals surface area (Å²) in [4.78, 5) is 1.52. The summed E-state index contributed by atoms with van der Waals surface area (Å²) in [5, 5.41) is 4.75. The van der Waals surface area contributed by atoms with Crippen LogP contribution in [0.2, 0.25) is 4.34 Å². The first-order valence-electron chi connectivity index (χ1n) is 7.35. The van der Waals surface area contributed by atoms with Gasteiger partial charge in [-0.1, -0.05) is 24.4 Å². The Hall–Kier alpha value is 0.300. The van der Waals surface area contributed by atoms with Gasteiger partial charge in [-0.05, 0) is 50.0 Å². The van der Waals surface area contributed by atoms with Crippen LogP contribution in [0.3, 0.4) is 0 Å². The van der Waals surface area contributed by atoms with Crippen LogP contribution in [-0.4, -0.2) is 17.5 Å². The molecule has 3 rings (SSSR count). The number of halogens is 1. The van der Waals surface area contributed by atoms with Crippen molar-refractivity contribution in [1.29, 1.82) is 0 Å². The zero-order valence-electron chi connectivity index (χ0n) is 11.5. The first-order valence-corrected chi connectivity index (χ1v) is 9.83. The van der Waals surface area contributed by atoms with E-state index >= 15 is 0 Å². The lowest BCUT2D eigenvalue weighted by Gasteiger charge is -2.35. The molecule has 1 nitrogen and oxygen atoms in total. The van der Waals surface area contributed by atoms with Crippen molar-refractivity contribution in [3.63, 3.8) is 0 Å². The van der Waals surface area contributed by atoms with E-state index in [2.05, 4.69) is 17.6 Å². The van der Waals surface area contributed by atoms with Gasteiger partial charge >= 0.3 is 0 Å². The van der Waals surface area contributed by atoms with E-state index in [0.29, 0.717) is 12.1 Å². The summed E-state index contributed by atoms with van der Waals surface area (Å²) >= 11 is 10.0. The normalized spacial score (nSPS) is 31.2. The van der Waals surface area contributed by atoms with Gasteiger partial charge in [-0.15, -0.1) is 11.3 Å². The van der Waals surface area contributed by atoms with Crippen LogP contribution in [0.1, 0.15) is 55.0 Å². The van der Waals surface area contributed by atoms with Crippen molar-refractivity contribution in [2.45, 2.75) is 62.3 Å². The summed E-state index contributed by atoms with van der Waals surface area (Å²) in [6, 6.07) is 3.44. The number of hydrogen-bond acceptors (Lipinski definition) is 3. The highest BCUT2D eigenvalue weighted by atomic mass is 35.5. The second-order valence-corrected chi connectivity index (χ2v) is 8.55. The van der Waals surface area contributed by atoms with Crippen molar-refractivity contribution in [2.75, 3.05) is 6.26 Å². The average Bonchev–Trinajstić information content (AvgIpc) is 2.81. The fraction of sp³-hybridized carbons (Fsp3) is 0.733. The number of thioether (sulfide) groups is 1. The van der Waals surface area contributed by atoms with Crippen LogP contribution in [0.5, 0.6) is 0 Å². The Labute approximate surface area is 129 Å². The molecule has 1 N–H and O–H groups in total. The Morgan fingerprint density at radius 1 is 1.26 bits per heavy atom. The van der Waals surface area contributed by atoms with Crippen LogP contribution in [0.4, 0.5) is 0 Å². The zero-order valence-corrected chi connectivity index (χ0v) is 13.8. The average molecular weight is 316 g/mol. The van der Waals surface area contributed by atoms with E-state index in [1.807, 2.05) is 11.8 Å². The Kier molecular flexibility index (Phi) is 4.78. The molecule has 0 aliphatic heterocycles. The fourth-order valence-electron chi connectivity index (χ4n) is 3.52. The molecule has 3 atom stereocenters. The summed E-state index contributed by atoms with van der Waals surface area (Å²) in [7, 11) is 0. The van der Waals surface area contributed by atoms with Gasteiger partial charge in [0.1, 0.15) is 0 Å². The topological polar surface area (TPSA) is 12.0 Å². The van der Waals surface area contributed by atoms with Crippen molar-refractivity contribution < 1.29 is 0 Å². The molecule has 0 saturated heterocycles. The highest BCUT2D eigenvalue weighted by Crippen LogP contribution is 2.39. The molecule has 0 bridgehead atoms. The predicted molar refractivity (Wildman–Crippen MR) is 87.7 cm³/mol. The maximum atomic E-state index is 6.20. The quantitative estimate of drug-likeness (QED) is 0.838. The SMILES string of the molecule is CSC1CCCCC1NC1CCCc2sc(Cl)cc21. The Bertz CT molecular complexity index is 432. The highest BCUT2D eigenvalue weighted by molar-refractivity contribution is 7.99. The maximum absolute atomic E-state index is 6.20. The minimum Gasteiger partial charge on any atom is -0.306 e. The van der Waals surface area contributed by atoms with E-state index in [4.69, 9.17) is 11.6 Å². The molecule has 2 aliphatic rings. The van der Waals surface area contributed by atoms with Crippen LogP contribution in [0.25, 0.3) is 0 Å². The molecule has 19 heavy (non-hydrogen) atoms. The van der Waals surface area contributed by atoms with Crippen LogP contribution < -0.4 is 5.32 Å². The number of fused-ring (bicyclic) bond motifs is 1. The molecule has 0 radical (unpaired) electrons. The third-order valence-corrected chi connectivity index (χ3v) is 7.01. The van der Waals surface area contributed by atoms with Crippen LogP contribution >= 0.6 is 34.7 Å². The molecular formula is C15H22ClNS2. The number of nitrogens with one attached hydrogen (secondary N) is 1. The molecule has 1 aromatic heterocycles. The molecule has 106 valence electrons. The van der Waals surface area contributed by atoms with Crippen LogP contribution in [0, 0.1) is 0 Å². The number of hydrogen-bond donors (Lipinski definition) is 1. The van der Waals surface area contributed by atoms with Gasteiger partial charge in [-0.3, -0.25) is 0 Å². The first-order chi connectivity index (χ1) is 9.28. The molecule has 0 spiro atoms. The minimum absolute atomic E-state index is 0.547. The van der Waals surface area contributed by atoms with Gasteiger partial charge in [-0.25, -0.2) is 0 Å². The molecule has 2 aliphatic carbocycles. The first kappa shape index (κ1) is 14.2. The van der Waals surface area contributed by atoms with Crippen LogP contribution in [-0.2, 0) is 6.42 Å². The lowest BCUT2D eigenvalue weighted by molar-refractivity contribution is 0.330. The smallest absolute Gasteiger partial charge is 0.0934 e. The van der Waals surface area contributed by atoms with E-state index in [9.17, 15) is 0 Å². The van der Waals surface area contributed by atoms with E-state index < -0.39 is 0 Å². The van der Waals surface area contributed by atoms with Gasteiger partial charge in [0, 0.05) is 22.2 Å². The lowest BCUT2D eigenvalue weighted by Crippen LogP contribution is -2.43. The summed E-state index contributed by atoms with van der Waals surface area (Å²) in [5.41, 5.74) is 1.49. The number of aryl methyl sites for hydroxylation is 1. The molecule has 1 heterocycles. The summed E-state index contributed by atoms with van der Waals surface area (Å²) in [5.74, 6) is 0. The van der Waals surface area contributed by atoms with Gasteiger partial charge in [0.2, 0.25) is 0 Å². The molecule has 3 unspecified atom stereocenters. The van der Waals surface area contributed by atoms with Crippen molar-refractivity contribution in [3.05, 3.63) is 20.8 Å². The number of rotatable bonds is 3. The fourth-order valence-corrected chi connectivity index (χ4v) is 5.85. The highest BCUT2D eigenvalue weighted by Gasteiger charge is 2.29. The third-order valence-electron chi connectivity index (χ3n) is 4.50. The zero-order chi connectivity index (χ0) is 13.2. The van der Waals surface area contributed by atoms with E-state index in [0.717, 1.165) is 9.59 Å². The Morgan fingerprint density at radius 3 is 2.95 bits per heavy atom. The molecule has 1 aromatic rings. The number of thiophene rings is 1. The van der Waals surface area contributed by atoms with Crippen molar-refractivity contribution in [1.82, 2.24) is 5.32 Å². The molecule has 0 aromatic carbocycles. The van der Waals surface area contributed by atoms with Crippen LogP contribution in [0.15, 0.2) is 6.07 Å². The van der Waals surface area contributed by atoms with E-state index in [1.165, 1.54) is 55.4 Å². The molecular weight excluding hydrogens is 294 g/mol. The van der Waals surface area contributed by atoms with Gasteiger partial charge in [0.25, 0.3) is 0 Å². The Balaban J connectivity index is 1.73. The second-order valence-electron chi connectivity index (χ2n) is 5.71. The summed E-state index contributed by atoms with van der Waals surface area (Å²) in [6.07, 6.45) is 11.6. The second kappa shape index (κ2) is 6.38. The molecule has 1 fully saturated rings. The molecule has 1 saturated carbocycles. The molecule has 0 amide bonds. The largest absolute Gasteiger partial charge is 0.306 e. The van der Waals surface area contributed by atoms with Gasteiger partial charge in [0.15, 0.2) is 0 Å². The summed E-state index contributed by atoms with van der Waals surface area (Å²) in [6.45, 7) is 0. The summed E-state index contributed by atoms with van der Waals surface area (Å²) < 4.78 is 0.962. The third kappa shape index (κ3) is 3.15. The Morgan fingerprint density at radius 2 is 2.11 bits per heavy atom. The maximum Gasteiger partial charge on any atom is 0.0934 e. The molecule has 4 heteroatoms. The minimum atomic E-state index is 0.547. The van der Waals surface area contributed by atoms with Crippen molar-refractivity contribution in [2.24, 2.45) is 0 Å². The monoisotopic (exact) mass is 315 g/mol. The van der Waals surface area contributed by atoms with E-state index in [1.54, 1.807) is 11.3 Å². The standard InChI is InChI=1S/C15H22ClNS2/c1-18-14-7-3-2-5-12(14)17-11-6-4-8-13-10(11)9-15(16)19-13/h9,11-12,14,17H,2-8H2,1H3. The van der Waals surface area contributed by atoms with Crippen molar-refractivity contribution >= 4 is 34.7 Å². The van der Waals surface area contributed by atoms with Crippen molar-refractivity contribution in [3.8, 4) is 0 Å². The van der Waals surface area contributed by atoms with E-state index in [-0.39, 0.29) is 0 Å².